The summed E-state index contributed by atoms with van der Waals surface area (Å²) in [6.07, 6.45) is 0. The van der Waals surface area contributed by atoms with Gasteiger partial charge in [-0.3, -0.25) is 0 Å². The van der Waals surface area contributed by atoms with E-state index in [0.717, 1.165) is 28.0 Å². The molecule has 1 unspecified atom stereocenters. The third-order valence-corrected chi connectivity index (χ3v) is 8.84. The van der Waals surface area contributed by atoms with E-state index in [1.165, 1.54) is 16.4 Å². The average Bonchev–Trinajstić information content (AvgIpc) is 3.17. The number of carbonyl (C=O) groups is 1. The van der Waals surface area contributed by atoms with Crippen LogP contribution in [0.5, 0.6) is 17.2 Å². The van der Waals surface area contributed by atoms with Crippen molar-refractivity contribution in [3.63, 3.8) is 0 Å². The van der Waals surface area contributed by atoms with Crippen LogP contribution in [0.1, 0.15) is 38.2 Å². The number of aryl methyl sites for hydroxylation is 1. The Bertz CT molecular complexity index is 1500. The number of hydrogen-bond acceptors (Lipinski definition) is 7. The Balaban J connectivity index is 1.31. The first-order valence-corrected chi connectivity index (χ1v) is 14.1. The van der Waals surface area contributed by atoms with Gasteiger partial charge in [-0.25, -0.2) is 4.79 Å². The normalized spacial score (nSPS) is 17.0. The fourth-order valence-electron chi connectivity index (χ4n) is 4.66. The van der Waals surface area contributed by atoms with Gasteiger partial charge < -0.3 is 14.2 Å². The average molecular weight is 529 g/mol. The topological polar surface area (TPSA) is 44.8 Å². The maximum atomic E-state index is 12.9. The summed E-state index contributed by atoms with van der Waals surface area (Å²) in [6, 6.07) is 29.2. The van der Waals surface area contributed by atoms with Gasteiger partial charge in [0, 0.05) is 28.5 Å². The highest BCUT2D eigenvalue weighted by atomic mass is 33.1. The predicted molar refractivity (Wildman–Crippen MR) is 148 cm³/mol. The molecule has 2 aliphatic rings. The Hall–Kier alpha value is -3.26. The smallest absolute Gasteiger partial charge is 0.340 e. The van der Waals surface area contributed by atoms with E-state index in [4.69, 9.17) is 26.4 Å². The lowest BCUT2D eigenvalue weighted by molar-refractivity contribution is 0.0224. The molecule has 36 heavy (non-hydrogen) atoms. The summed E-state index contributed by atoms with van der Waals surface area (Å²) in [4.78, 5) is 12.9. The lowest BCUT2D eigenvalue weighted by Gasteiger charge is -2.36. The SMILES string of the molecule is Cc1ccc2c(c1)Oc1cc(OC(=S)SSCc3ccccc3)ccc1C21OC(=O)c2ccccc21. The highest BCUT2D eigenvalue weighted by Gasteiger charge is 2.53. The lowest BCUT2D eigenvalue weighted by atomic mass is 9.77. The molecular weight excluding hydrogens is 509 g/mol. The van der Waals surface area contributed by atoms with Crippen molar-refractivity contribution in [1.82, 2.24) is 0 Å². The Kier molecular flexibility index (Phi) is 5.99. The minimum atomic E-state index is -1.08. The van der Waals surface area contributed by atoms with Crippen molar-refractivity contribution in [2.75, 3.05) is 0 Å². The Morgan fingerprint density at radius 3 is 2.44 bits per heavy atom. The summed E-state index contributed by atoms with van der Waals surface area (Å²) < 4.78 is 18.9. The summed E-state index contributed by atoms with van der Waals surface area (Å²) in [5.41, 5.74) is 4.12. The van der Waals surface area contributed by atoms with Crippen LogP contribution < -0.4 is 9.47 Å². The van der Waals surface area contributed by atoms with E-state index >= 15 is 0 Å². The molecule has 0 aliphatic carbocycles. The molecule has 4 aromatic rings. The van der Waals surface area contributed by atoms with Gasteiger partial charge in [0.15, 0.2) is 5.60 Å². The molecule has 1 spiro atoms. The Morgan fingerprint density at radius 2 is 1.61 bits per heavy atom. The molecule has 0 fully saturated rings. The molecule has 2 aliphatic heterocycles. The molecule has 178 valence electrons. The number of carbonyl (C=O) groups excluding carboxylic acids is 1. The van der Waals surface area contributed by atoms with Gasteiger partial charge in [-0.15, -0.1) is 0 Å². The second-order valence-electron chi connectivity index (χ2n) is 8.56. The van der Waals surface area contributed by atoms with Crippen LogP contribution in [0.4, 0.5) is 0 Å². The van der Waals surface area contributed by atoms with Gasteiger partial charge >= 0.3 is 5.97 Å². The zero-order valence-corrected chi connectivity index (χ0v) is 21.7. The highest BCUT2D eigenvalue weighted by Crippen LogP contribution is 2.56. The molecule has 4 nitrogen and oxygen atoms in total. The number of rotatable bonds is 4. The van der Waals surface area contributed by atoms with Crippen molar-refractivity contribution in [1.29, 1.82) is 0 Å². The highest BCUT2D eigenvalue weighted by molar-refractivity contribution is 8.83. The number of ether oxygens (including phenoxy) is 3. The molecule has 0 saturated heterocycles. The molecule has 0 saturated carbocycles. The number of hydrogen-bond donors (Lipinski definition) is 0. The number of esters is 1. The molecular formula is C29H20O4S3. The molecule has 6 rings (SSSR count). The van der Waals surface area contributed by atoms with E-state index in [0.29, 0.717) is 27.2 Å². The fraction of sp³-hybridized carbons (Fsp3) is 0.103. The third kappa shape index (κ3) is 3.97. The van der Waals surface area contributed by atoms with Crippen molar-refractivity contribution < 1.29 is 19.0 Å². The summed E-state index contributed by atoms with van der Waals surface area (Å²) in [5, 5.41) is 0. The molecule has 1 atom stereocenters. The number of thiocarbonyl (C=S) groups is 1. The maximum Gasteiger partial charge on any atom is 0.340 e. The first kappa shape index (κ1) is 23.2. The van der Waals surface area contributed by atoms with Crippen molar-refractivity contribution in [2.24, 2.45) is 0 Å². The zero-order chi connectivity index (χ0) is 24.7. The van der Waals surface area contributed by atoms with E-state index < -0.39 is 5.60 Å². The monoisotopic (exact) mass is 528 g/mol. The van der Waals surface area contributed by atoms with Gasteiger partial charge in [0.25, 0.3) is 0 Å². The van der Waals surface area contributed by atoms with Gasteiger partial charge in [-0.1, -0.05) is 71.5 Å². The fourth-order valence-corrected chi connectivity index (χ4v) is 6.78. The molecule has 0 amide bonds. The van der Waals surface area contributed by atoms with Crippen molar-refractivity contribution in [3.05, 3.63) is 124 Å². The second-order valence-corrected chi connectivity index (χ2v) is 11.5. The van der Waals surface area contributed by atoms with Crippen LogP contribution in [0.25, 0.3) is 0 Å². The zero-order valence-electron chi connectivity index (χ0n) is 19.2. The van der Waals surface area contributed by atoms with Crippen LogP contribution in [0, 0.1) is 6.92 Å². The summed E-state index contributed by atoms with van der Waals surface area (Å²) in [6.45, 7) is 2.00. The first-order valence-electron chi connectivity index (χ1n) is 11.4. The Morgan fingerprint density at radius 1 is 0.889 bits per heavy atom. The molecule has 0 aromatic heterocycles. The van der Waals surface area contributed by atoms with E-state index in [2.05, 4.69) is 12.1 Å². The minimum absolute atomic E-state index is 0.349. The van der Waals surface area contributed by atoms with Crippen LogP contribution in [0.2, 0.25) is 0 Å². The predicted octanol–water partition coefficient (Wildman–Crippen LogP) is 7.81. The van der Waals surface area contributed by atoms with Gasteiger partial charge in [-0.2, -0.15) is 0 Å². The largest absolute Gasteiger partial charge is 0.456 e. The number of benzene rings is 4. The van der Waals surface area contributed by atoms with E-state index in [-0.39, 0.29) is 5.97 Å². The van der Waals surface area contributed by atoms with E-state index in [1.54, 1.807) is 16.9 Å². The van der Waals surface area contributed by atoms with Gasteiger partial charge in [0.05, 0.1) is 5.56 Å². The van der Waals surface area contributed by atoms with Crippen LogP contribution in [-0.4, -0.2) is 10.4 Å². The molecule has 0 radical (unpaired) electrons. The number of fused-ring (bicyclic) bond motifs is 6. The summed E-state index contributed by atoms with van der Waals surface area (Å²) in [7, 11) is 3.04. The van der Waals surface area contributed by atoms with E-state index in [9.17, 15) is 4.79 Å². The van der Waals surface area contributed by atoms with Crippen molar-refractivity contribution in [2.45, 2.75) is 18.3 Å². The molecule has 0 bridgehead atoms. The molecule has 7 heteroatoms. The van der Waals surface area contributed by atoms with E-state index in [1.807, 2.05) is 79.7 Å². The molecule has 0 N–H and O–H groups in total. The van der Waals surface area contributed by atoms with Gasteiger partial charge in [-0.05, 0) is 65.3 Å². The summed E-state index contributed by atoms with van der Waals surface area (Å²) in [5.74, 6) is 2.26. The standard InChI is InChI=1S/C29H20O4S3/c1-18-11-13-23-25(15-18)32-26-16-20(31-28(34)36-35-17-19-7-3-2-4-8-19)12-14-24(26)29(23)22-10-6-5-9-21(22)27(30)33-29/h2-16H,17H2,1H3. The molecule has 4 aromatic carbocycles. The van der Waals surface area contributed by atoms with Gasteiger partial charge in [0.2, 0.25) is 4.38 Å². The first-order chi connectivity index (χ1) is 17.5. The Labute approximate surface area is 222 Å². The summed E-state index contributed by atoms with van der Waals surface area (Å²) >= 11 is 5.46. The van der Waals surface area contributed by atoms with Gasteiger partial charge in [0.1, 0.15) is 17.2 Å². The lowest BCUT2D eigenvalue weighted by Crippen LogP contribution is -2.33. The maximum absolute atomic E-state index is 12.9. The van der Waals surface area contributed by atoms with Crippen LogP contribution in [0.15, 0.2) is 91.0 Å². The third-order valence-electron chi connectivity index (χ3n) is 6.24. The van der Waals surface area contributed by atoms with Crippen LogP contribution in [0.3, 0.4) is 0 Å². The van der Waals surface area contributed by atoms with Crippen LogP contribution in [-0.2, 0) is 16.1 Å². The second kappa shape index (κ2) is 9.32. The minimum Gasteiger partial charge on any atom is -0.456 e. The molecule has 2 heterocycles. The van der Waals surface area contributed by atoms with Crippen molar-refractivity contribution in [3.8, 4) is 17.2 Å². The quantitative estimate of drug-likeness (QED) is 0.152. The van der Waals surface area contributed by atoms with Crippen LogP contribution >= 0.6 is 33.8 Å². The van der Waals surface area contributed by atoms with Crippen molar-refractivity contribution >= 4 is 44.2 Å².